The van der Waals surface area contributed by atoms with Gasteiger partial charge >= 0.3 is 0 Å². The van der Waals surface area contributed by atoms with Crippen LogP contribution >= 0.6 is 0 Å². The lowest BCUT2D eigenvalue weighted by molar-refractivity contribution is -0.283. The van der Waals surface area contributed by atoms with Crippen LogP contribution in [0.2, 0.25) is 0 Å². The summed E-state index contributed by atoms with van der Waals surface area (Å²) in [6.45, 7) is 6.72. The van der Waals surface area contributed by atoms with Crippen molar-refractivity contribution in [2.24, 2.45) is 0 Å². The van der Waals surface area contributed by atoms with Crippen molar-refractivity contribution in [1.82, 2.24) is 5.06 Å². The lowest BCUT2D eigenvalue weighted by atomic mass is 9.90. The minimum absolute atomic E-state index is 0.00507. The third-order valence-corrected chi connectivity index (χ3v) is 5.07. The smallest absolute Gasteiger partial charge is 0.0841 e. The number of hydrogen-bond acceptors (Lipinski definition) is 2. The fourth-order valence-corrected chi connectivity index (χ4v) is 3.47. The first-order chi connectivity index (χ1) is 9.12. The van der Waals surface area contributed by atoms with Crippen molar-refractivity contribution in [1.29, 1.82) is 0 Å². The van der Waals surface area contributed by atoms with Crippen molar-refractivity contribution in [2.45, 2.75) is 109 Å². The number of hydroxylamine groups is 2. The molecule has 0 N–H and O–H groups in total. The Balaban J connectivity index is 2.02. The van der Waals surface area contributed by atoms with Crippen molar-refractivity contribution >= 4 is 0 Å². The molecule has 0 heterocycles. The highest BCUT2D eigenvalue weighted by molar-refractivity contribution is 4.81. The van der Waals surface area contributed by atoms with Crippen LogP contribution in [0.1, 0.15) is 91.4 Å². The second kappa shape index (κ2) is 7.08. The first-order valence-corrected chi connectivity index (χ1v) is 8.60. The fourth-order valence-electron chi connectivity index (χ4n) is 3.47. The molecule has 2 nitrogen and oxygen atoms in total. The van der Waals surface area contributed by atoms with Gasteiger partial charge in [0.25, 0.3) is 0 Å². The molecule has 0 amide bonds. The Morgan fingerprint density at radius 3 is 1.63 bits per heavy atom. The van der Waals surface area contributed by atoms with Crippen molar-refractivity contribution in [2.75, 3.05) is 0 Å². The van der Waals surface area contributed by atoms with Gasteiger partial charge in [0.05, 0.1) is 5.60 Å². The standard InChI is InChI=1S/C17H33NO/c1-4-17(2,3)19-18(15-11-7-5-8-12-15)16-13-9-6-10-14-16/h15-16H,4-14H2,1-3H3. The normalized spacial score (nSPS) is 24.0. The number of nitrogens with zero attached hydrogens (tertiary/aromatic N) is 1. The molecule has 2 rings (SSSR count). The first kappa shape index (κ1) is 15.3. The lowest BCUT2D eigenvalue weighted by Gasteiger charge is -2.44. The van der Waals surface area contributed by atoms with E-state index in [0.717, 1.165) is 6.42 Å². The summed E-state index contributed by atoms with van der Waals surface area (Å²) in [6.07, 6.45) is 14.9. The van der Waals surface area contributed by atoms with Crippen LogP contribution in [-0.2, 0) is 4.84 Å². The Morgan fingerprint density at radius 1 is 0.842 bits per heavy atom. The maximum Gasteiger partial charge on any atom is 0.0841 e. The minimum Gasteiger partial charge on any atom is -0.292 e. The van der Waals surface area contributed by atoms with E-state index in [9.17, 15) is 0 Å². The SMILES string of the molecule is CCC(C)(C)ON(C1CCCCC1)C1CCCCC1. The predicted octanol–water partition coefficient (Wildman–Crippen LogP) is 5.07. The summed E-state index contributed by atoms with van der Waals surface area (Å²) in [5, 5.41) is 2.46. The molecule has 112 valence electrons. The molecule has 0 saturated heterocycles. The molecule has 0 bridgehead atoms. The first-order valence-electron chi connectivity index (χ1n) is 8.60. The zero-order valence-electron chi connectivity index (χ0n) is 13.3. The monoisotopic (exact) mass is 267 g/mol. The number of rotatable bonds is 5. The average molecular weight is 267 g/mol. The summed E-state index contributed by atoms with van der Waals surface area (Å²) in [5.74, 6) is 0. The highest BCUT2D eigenvalue weighted by Crippen LogP contribution is 2.32. The van der Waals surface area contributed by atoms with Crippen molar-refractivity contribution in [3.63, 3.8) is 0 Å². The molecule has 0 unspecified atom stereocenters. The summed E-state index contributed by atoms with van der Waals surface area (Å²) >= 11 is 0. The third-order valence-electron chi connectivity index (χ3n) is 5.07. The lowest BCUT2D eigenvalue weighted by Crippen LogP contribution is -2.49. The Labute approximate surface area is 119 Å². The summed E-state index contributed by atoms with van der Waals surface area (Å²) in [7, 11) is 0. The van der Waals surface area contributed by atoms with Crippen molar-refractivity contribution in [3.05, 3.63) is 0 Å². The topological polar surface area (TPSA) is 12.5 Å². The van der Waals surface area contributed by atoms with E-state index in [1.54, 1.807) is 0 Å². The predicted molar refractivity (Wildman–Crippen MR) is 81.0 cm³/mol. The van der Waals surface area contributed by atoms with Gasteiger partial charge in [0.1, 0.15) is 0 Å². The molecule has 2 saturated carbocycles. The van der Waals surface area contributed by atoms with Crippen LogP contribution in [0.5, 0.6) is 0 Å². The van der Waals surface area contributed by atoms with Gasteiger partial charge in [0.2, 0.25) is 0 Å². The molecule has 0 aromatic rings. The average Bonchev–Trinajstić information content (AvgIpc) is 2.47. The van der Waals surface area contributed by atoms with Crippen LogP contribution in [-0.4, -0.2) is 22.7 Å². The largest absolute Gasteiger partial charge is 0.292 e. The van der Waals surface area contributed by atoms with Crippen LogP contribution < -0.4 is 0 Å². The van der Waals surface area contributed by atoms with E-state index in [2.05, 4.69) is 25.8 Å². The molecule has 0 aliphatic heterocycles. The highest BCUT2D eigenvalue weighted by Gasteiger charge is 2.33. The second-order valence-electron chi connectivity index (χ2n) is 7.15. The van der Waals surface area contributed by atoms with Gasteiger partial charge in [-0.15, -0.1) is 0 Å². The van der Waals surface area contributed by atoms with Gasteiger partial charge in [-0.05, 0) is 46.0 Å². The molecule has 0 radical (unpaired) electrons. The summed E-state index contributed by atoms with van der Waals surface area (Å²) in [4.78, 5) is 6.50. The summed E-state index contributed by atoms with van der Waals surface area (Å²) in [6, 6.07) is 1.37. The Hall–Kier alpha value is -0.0800. The van der Waals surface area contributed by atoms with Crippen LogP contribution in [0.15, 0.2) is 0 Å². The van der Waals surface area contributed by atoms with E-state index >= 15 is 0 Å². The van der Waals surface area contributed by atoms with Gasteiger partial charge in [-0.3, -0.25) is 4.84 Å². The molecule has 2 aliphatic carbocycles. The van der Waals surface area contributed by atoms with Crippen molar-refractivity contribution in [3.8, 4) is 0 Å². The van der Waals surface area contributed by atoms with Gasteiger partial charge in [-0.25, -0.2) is 0 Å². The maximum absolute atomic E-state index is 6.50. The Bertz CT molecular complexity index is 234. The molecule has 0 aromatic carbocycles. The quantitative estimate of drug-likeness (QED) is 0.644. The molecule has 19 heavy (non-hydrogen) atoms. The molecular weight excluding hydrogens is 234 g/mol. The van der Waals surface area contributed by atoms with Gasteiger partial charge in [0.15, 0.2) is 0 Å². The van der Waals surface area contributed by atoms with Crippen LogP contribution in [0, 0.1) is 0 Å². The molecule has 2 fully saturated rings. The second-order valence-corrected chi connectivity index (χ2v) is 7.15. The third kappa shape index (κ3) is 4.46. The van der Waals surface area contributed by atoms with Crippen LogP contribution in [0.25, 0.3) is 0 Å². The van der Waals surface area contributed by atoms with Crippen LogP contribution in [0.3, 0.4) is 0 Å². The Kier molecular flexibility index (Phi) is 5.70. The molecule has 2 heteroatoms. The fraction of sp³-hybridized carbons (Fsp3) is 1.00. The van der Waals surface area contributed by atoms with Gasteiger partial charge in [0, 0.05) is 12.1 Å². The van der Waals surface area contributed by atoms with Gasteiger partial charge in [-0.2, -0.15) is 5.06 Å². The Morgan fingerprint density at radius 2 is 1.26 bits per heavy atom. The van der Waals surface area contributed by atoms with E-state index in [1.807, 2.05) is 0 Å². The maximum atomic E-state index is 6.50. The molecular formula is C17H33NO. The zero-order valence-corrected chi connectivity index (χ0v) is 13.3. The summed E-state index contributed by atoms with van der Waals surface area (Å²) in [5.41, 5.74) is -0.00507. The highest BCUT2D eigenvalue weighted by atomic mass is 16.7. The van der Waals surface area contributed by atoms with Crippen molar-refractivity contribution < 1.29 is 4.84 Å². The molecule has 0 aromatic heterocycles. The van der Waals surface area contributed by atoms with E-state index < -0.39 is 0 Å². The van der Waals surface area contributed by atoms with Crippen LogP contribution in [0.4, 0.5) is 0 Å². The summed E-state index contributed by atoms with van der Waals surface area (Å²) < 4.78 is 0. The molecule has 2 aliphatic rings. The zero-order chi connectivity index (χ0) is 13.7. The van der Waals surface area contributed by atoms with Gasteiger partial charge in [-0.1, -0.05) is 45.4 Å². The molecule has 0 atom stereocenters. The van der Waals surface area contributed by atoms with E-state index in [0.29, 0.717) is 12.1 Å². The number of hydrogen-bond donors (Lipinski definition) is 0. The van der Waals surface area contributed by atoms with E-state index in [1.165, 1.54) is 64.2 Å². The molecule has 0 spiro atoms. The van der Waals surface area contributed by atoms with E-state index in [-0.39, 0.29) is 5.60 Å². The van der Waals surface area contributed by atoms with Gasteiger partial charge < -0.3 is 0 Å². The van der Waals surface area contributed by atoms with E-state index in [4.69, 9.17) is 4.84 Å². The minimum atomic E-state index is -0.00507.